The van der Waals surface area contributed by atoms with Gasteiger partial charge in [-0.2, -0.15) is 0 Å². The predicted molar refractivity (Wildman–Crippen MR) is 85.8 cm³/mol. The van der Waals surface area contributed by atoms with Crippen molar-refractivity contribution in [1.29, 1.82) is 0 Å². The lowest BCUT2D eigenvalue weighted by Gasteiger charge is -2.10. The van der Waals surface area contributed by atoms with Gasteiger partial charge < -0.3 is 4.74 Å². The molecule has 0 saturated carbocycles. The molecule has 0 heterocycles. The maximum Gasteiger partial charge on any atom is 0.200 e. The lowest BCUT2D eigenvalue weighted by Crippen LogP contribution is -2.11. The fourth-order valence-corrected chi connectivity index (χ4v) is 4.00. The fraction of sp³-hybridized carbons (Fsp3) is 0.0714. The molecule has 2 rings (SSSR count). The predicted octanol–water partition coefficient (Wildman–Crippen LogP) is 5.24. The summed E-state index contributed by atoms with van der Waals surface area (Å²) in [5.41, 5.74) is 0.645. The Bertz CT molecular complexity index is 574. The molecule has 0 bridgehead atoms. The van der Waals surface area contributed by atoms with Gasteiger partial charge in [-0.15, -0.1) is 0 Å². The van der Waals surface area contributed by atoms with Crippen LogP contribution in [0.25, 0.3) is 0 Å². The molecular formula is C14H9Br3O2. The van der Waals surface area contributed by atoms with Crippen molar-refractivity contribution in [2.24, 2.45) is 0 Å². The number of halogens is 3. The van der Waals surface area contributed by atoms with Gasteiger partial charge in [0.2, 0.25) is 0 Å². The molecule has 0 aliphatic carbocycles. The number of Topliss-reactive ketones (excluding diaryl/α,β-unsaturated/α-hetero) is 1. The van der Waals surface area contributed by atoms with E-state index in [0.29, 0.717) is 11.3 Å². The van der Waals surface area contributed by atoms with E-state index in [0.717, 1.165) is 13.4 Å². The van der Waals surface area contributed by atoms with Gasteiger partial charge >= 0.3 is 0 Å². The van der Waals surface area contributed by atoms with Gasteiger partial charge in [0, 0.05) is 10.0 Å². The van der Waals surface area contributed by atoms with Crippen LogP contribution in [0.3, 0.4) is 0 Å². The molecule has 2 aromatic rings. The van der Waals surface area contributed by atoms with Gasteiger partial charge in [0.15, 0.2) is 12.4 Å². The molecule has 0 unspecified atom stereocenters. The Morgan fingerprint density at radius 3 is 2.16 bits per heavy atom. The van der Waals surface area contributed by atoms with Crippen molar-refractivity contribution in [3.8, 4) is 5.75 Å². The molecule has 19 heavy (non-hydrogen) atoms. The number of benzene rings is 2. The largest absolute Gasteiger partial charge is 0.483 e. The molecule has 0 saturated heterocycles. The van der Waals surface area contributed by atoms with Crippen LogP contribution in [-0.2, 0) is 0 Å². The van der Waals surface area contributed by atoms with Gasteiger partial charge in [0.25, 0.3) is 0 Å². The van der Waals surface area contributed by atoms with Gasteiger partial charge in [0.05, 0.1) is 8.95 Å². The van der Waals surface area contributed by atoms with Crippen LogP contribution < -0.4 is 4.74 Å². The van der Waals surface area contributed by atoms with E-state index in [9.17, 15) is 4.79 Å². The average Bonchev–Trinajstić information content (AvgIpc) is 2.38. The summed E-state index contributed by atoms with van der Waals surface area (Å²) in [5, 5.41) is 0. The van der Waals surface area contributed by atoms with Crippen LogP contribution in [0.2, 0.25) is 0 Å². The van der Waals surface area contributed by atoms with Gasteiger partial charge in [-0.05, 0) is 44.0 Å². The van der Waals surface area contributed by atoms with Crippen molar-refractivity contribution in [3.63, 3.8) is 0 Å². The van der Waals surface area contributed by atoms with E-state index in [-0.39, 0.29) is 12.4 Å². The van der Waals surface area contributed by atoms with Crippen molar-refractivity contribution < 1.29 is 9.53 Å². The molecule has 2 aromatic carbocycles. The number of ketones is 1. The average molecular weight is 449 g/mol. The van der Waals surface area contributed by atoms with E-state index in [2.05, 4.69) is 47.8 Å². The third kappa shape index (κ3) is 3.91. The number of rotatable bonds is 4. The second-order valence-electron chi connectivity index (χ2n) is 3.78. The van der Waals surface area contributed by atoms with E-state index in [1.807, 2.05) is 30.3 Å². The summed E-state index contributed by atoms with van der Waals surface area (Å²) in [6, 6.07) is 12.8. The van der Waals surface area contributed by atoms with E-state index >= 15 is 0 Å². The normalized spacial score (nSPS) is 10.3. The molecule has 0 N–H and O–H groups in total. The third-order valence-electron chi connectivity index (χ3n) is 2.41. The summed E-state index contributed by atoms with van der Waals surface area (Å²) < 4.78 is 8.07. The first-order chi connectivity index (χ1) is 9.08. The van der Waals surface area contributed by atoms with Crippen LogP contribution in [0.1, 0.15) is 10.4 Å². The first kappa shape index (κ1) is 14.8. The quantitative estimate of drug-likeness (QED) is 0.598. The number of hydrogen-bond donors (Lipinski definition) is 0. The number of carbonyl (C=O) groups excluding carboxylic acids is 1. The summed E-state index contributed by atoms with van der Waals surface area (Å²) in [4.78, 5) is 11.9. The Balaban J connectivity index is 2.10. The standard InChI is InChI=1S/C14H9Br3O2/c15-10-6-11(16)14(12(17)7-10)19-8-13(18)9-4-2-1-3-5-9/h1-7H,8H2. The smallest absolute Gasteiger partial charge is 0.200 e. The van der Waals surface area contributed by atoms with Gasteiger partial charge in [-0.1, -0.05) is 46.3 Å². The third-order valence-corrected chi connectivity index (χ3v) is 4.04. The van der Waals surface area contributed by atoms with E-state index in [4.69, 9.17) is 4.74 Å². The highest BCUT2D eigenvalue weighted by molar-refractivity contribution is 9.11. The molecule has 0 spiro atoms. The van der Waals surface area contributed by atoms with Crippen molar-refractivity contribution in [1.82, 2.24) is 0 Å². The molecule has 98 valence electrons. The highest BCUT2D eigenvalue weighted by atomic mass is 79.9. The number of hydrogen-bond acceptors (Lipinski definition) is 2. The molecular weight excluding hydrogens is 440 g/mol. The molecule has 0 aromatic heterocycles. The SMILES string of the molecule is O=C(COc1c(Br)cc(Br)cc1Br)c1ccccc1. The summed E-state index contributed by atoms with van der Waals surface area (Å²) in [5.74, 6) is 0.565. The van der Waals surface area contributed by atoms with Crippen molar-refractivity contribution in [3.05, 3.63) is 61.4 Å². The Kier molecular flexibility index (Phi) is 5.19. The summed E-state index contributed by atoms with van der Waals surface area (Å²) in [6.07, 6.45) is 0. The van der Waals surface area contributed by atoms with Crippen LogP contribution in [0.4, 0.5) is 0 Å². The number of ether oxygens (including phenoxy) is 1. The van der Waals surface area contributed by atoms with Crippen LogP contribution in [-0.4, -0.2) is 12.4 Å². The summed E-state index contributed by atoms with van der Waals surface area (Å²) in [6.45, 7) is 0.00282. The van der Waals surface area contributed by atoms with Crippen molar-refractivity contribution in [2.45, 2.75) is 0 Å². The van der Waals surface area contributed by atoms with Gasteiger partial charge in [-0.25, -0.2) is 0 Å². The lowest BCUT2D eigenvalue weighted by molar-refractivity contribution is 0.0920. The van der Waals surface area contributed by atoms with Crippen LogP contribution in [0.15, 0.2) is 55.9 Å². The van der Waals surface area contributed by atoms with Crippen LogP contribution >= 0.6 is 47.8 Å². The highest BCUT2D eigenvalue weighted by Gasteiger charge is 2.11. The molecule has 0 aliphatic rings. The topological polar surface area (TPSA) is 26.3 Å². The lowest BCUT2D eigenvalue weighted by atomic mass is 10.1. The minimum Gasteiger partial charge on any atom is -0.483 e. The molecule has 0 aliphatic heterocycles. The summed E-state index contributed by atoms with van der Waals surface area (Å²) in [7, 11) is 0. The van der Waals surface area contributed by atoms with Crippen LogP contribution in [0.5, 0.6) is 5.75 Å². The maximum atomic E-state index is 11.9. The number of carbonyl (C=O) groups is 1. The highest BCUT2D eigenvalue weighted by Crippen LogP contribution is 2.36. The van der Waals surface area contributed by atoms with Crippen LogP contribution in [0, 0.1) is 0 Å². The molecule has 5 heteroatoms. The second kappa shape index (κ2) is 6.68. The molecule has 0 amide bonds. The van der Waals surface area contributed by atoms with Crippen molar-refractivity contribution >= 4 is 53.6 Å². The Hall–Kier alpha value is -0.650. The Labute approximate surface area is 136 Å². The molecule has 0 atom stereocenters. The van der Waals surface area contributed by atoms with Gasteiger partial charge in [-0.3, -0.25) is 4.79 Å². The molecule has 0 radical (unpaired) electrons. The second-order valence-corrected chi connectivity index (χ2v) is 6.40. The van der Waals surface area contributed by atoms with E-state index < -0.39 is 0 Å². The zero-order valence-corrected chi connectivity index (χ0v) is 14.5. The fourth-order valence-electron chi connectivity index (χ4n) is 1.51. The minimum atomic E-state index is -0.0534. The minimum absolute atomic E-state index is 0.00282. The van der Waals surface area contributed by atoms with E-state index in [1.165, 1.54) is 0 Å². The summed E-state index contributed by atoms with van der Waals surface area (Å²) >= 11 is 10.2. The first-order valence-corrected chi connectivity index (χ1v) is 7.81. The first-order valence-electron chi connectivity index (χ1n) is 5.43. The van der Waals surface area contributed by atoms with Gasteiger partial charge in [0.1, 0.15) is 5.75 Å². The molecule has 0 fully saturated rings. The molecule has 2 nitrogen and oxygen atoms in total. The maximum absolute atomic E-state index is 11.9. The zero-order valence-electron chi connectivity index (χ0n) is 9.70. The van der Waals surface area contributed by atoms with E-state index in [1.54, 1.807) is 12.1 Å². The van der Waals surface area contributed by atoms with Crippen molar-refractivity contribution in [2.75, 3.05) is 6.61 Å². The monoisotopic (exact) mass is 446 g/mol. The Morgan fingerprint density at radius 2 is 1.58 bits per heavy atom. The Morgan fingerprint density at radius 1 is 1.00 bits per heavy atom. The zero-order chi connectivity index (χ0) is 13.8.